The van der Waals surface area contributed by atoms with Gasteiger partial charge < -0.3 is 0 Å². The smallest absolute Gasteiger partial charge is 0.0767 e. The van der Waals surface area contributed by atoms with Gasteiger partial charge in [-0.05, 0) is 34.4 Å². The number of nitrogens with zero attached hydrogens (tertiary/aromatic N) is 1. The van der Waals surface area contributed by atoms with Crippen LogP contribution in [0.2, 0.25) is 5.02 Å². The average molecular weight is 292 g/mol. The third-order valence-electron chi connectivity index (χ3n) is 3.74. The molecule has 0 bridgehead atoms. The maximum Gasteiger partial charge on any atom is 0.0767 e. The van der Waals surface area contributed by atoms with Gasteiger partial charge in [0.25, 0.3) is 0 Å². The quantitative estimate of drug-likeness (QED) is 0.638. The Balaban J connectivity index is 2.01. The first-order valence-electron chi connectivity index (χ1n) is 6.90. The molecule has 1 unspecified atom stereocenters. The molecule has 0 spiro atoms. The Morgan fingerprint density at radius 3 is 2.43 bits per heavy atom. The lowest BCUT2D eigenvalue weighted by Gasteiger charge is -2.13. The van der Waals surface area contributed by atoms with Gasteiger partial charge in [0.15, 0.2) is 0 Å². The van der Waals surface area contributed by atoms with Gasteiger partial charge in [-0.15, -0.1) is 0 Å². The minimum Gasteiger partial charge on any atom is -0.198 e. The number of rotatable bonds is 3. The Labute approximate surface area is 129 Å². The number of hydrogen-bond donors (Lipinski definition) is 0. The van der Waals surface area contributed by atoms with E-state index in [-0.39, 0.29) is 5.92 Å². The Morgan fingerprint density at radius 2 is 1.62 bits per heavy atom. The molecule has 1 nitrogen and oxygen atoms in total. The summed E-state index contributed by atoms with van der Waals surface area (Å²) in [5.41, 5.74) is 2.08. The normalized spacial score (nSPS) is 12.0. The first-order valence-corrected chi connectivity index (χ1v) is 7.28. The molecule has 2 heteroatoms. The van der Waals surface area contributed by atoms with Crippen molar-refractivity contribution in [2.24, 2.45) is 0 Å². The summed E-state index contributed by atoms with van der Waals surface area (Å²) in [4.78, 5) is 0. The van der Waals surface area contributed by atoms with Crippen LogP contribution in [0.25, 0.3) is 10.8 Å². The molecule has 0 aliphatic rings. The van der Waals surface area contributed by atoms with Crippen LogP contribution in [0.15, 0.2) is 66.7 Å². The summed E-state index contributed by atoms with van der Waals surface area (Å²) in [7, 11) is 0. The minimum absolute atomic E-state index is 0.232. The third-order valence-corrected chi connectivity index (χ3v) is 4.08. The predicted octanol–water partition coefficient (Wildman–Crippen LogP) is 5.34. The molecule has 0 saturated carbocycles. The molecule has 0 aliphatic heterocycles. The van der Waals surface area contributed by atoms with Crippen molar-refractivity contribution < 1.29 is 0 Å². The van der Waals surface area contributed by atoms with E-state index in [4.69, 9.17) is 11.6 Å². The largest absolute Gasteiger partial charge is 0.198 e. The van der Waals surface area contributed by atoms with E-state index >= 15 is 0 Å². The zero-order valence-electron chi connectivity index (χ0n) is 11.5. The molecule has 0 saturated heterocycles. The minimum atomic E-state index is -0.232. The van der Waals surface area contributed by atoms with Gasteiger partial charge in [0.05, 0.1) is 12.0 Å². The third kappa shape index (κ3) is 2.77. The number of fused-ring (bicyclic) bond motifs is 1. The molecular weight excluding hydrogens is 278 g/mol. The van der Waals surface area contributed by atoms with Crippen molar-refractivity contribution >= 4 is 22.4 Å². The monoisotopic (exact) mass is 291 g/mol. The fraction of sp³-hybridized carbons (Fsp3) is 0.105. The molecule has 0 radical (unpaired) electrons. The van der Waals surface area contributed by atoms with Crippen LogP contribution in [-0.4, -0.2) is 0 Å². The number of halogens is 1. The van der Waals surface area contributed by atoms with Gasteiger partial charge in [0.2, 0.25) is 0 Å². The first kappa shape index (κ1) is 13.7. The highest BCUT2D eigenvalue weighted by atomic mass is 35.5. The van der Waals surface area contributed by atoms with Gasteiger partial charge in [-0.1, -0.05) is 72.3 Å². The van der Waals surface area contributed by atoms with Crippen molar-refractivity contribution in [1.82, 2.24) is 0 Å². The van der Waals surface area contributed by atoms with Crippen molar-refractivity contribution in [3.63, 3.8) is 0 Å². The SMILES string of the molecule is N#CC(Cc1cccc2ccccc12)c1ccccc1Cl. The lowest BCUT2D eigenvalue weighted by Crippen LogP contribution is -2.01. The second-order valence-electron chi connectivity index (χ2n) is 5.05. The second kappa shape index (κ2) is 5.99. The van der Waals surface area contributed by atoms with Gasteiger partial charge in [-0.2, -0.15) is 5.26 Å². The summed E-state index contributed by atoms with van der Waals surface area (Å²) in [5, 5.41) is 12.6. The van der Waals surface area contributed by atoms with E-state index < -0.39 is 0 Å². The van der Waals surface area contributed by atoms with E-state index in [0.717, 1.165) is 5.56 Å². The highest BCUT2D eigenvalue weighted by Gasteiger charge is 2.15. The Hall–Kier alpha value is -2.30. The van der Waals surface area contributed by atoms with Crippen LogP contribution in [0.3, 0.4) is 0 Å². The fourth-order valence-electron chi connectivity index (χ4n) is 2.67. The summed E-state index contributed by atoms with van der Waals surface area (Å²) in [6.45, 7) is 0. The van der Waals surface area contributed by atoms with E-state index in [1.165, 1.54) is 16.3 Å². The molecule has 3 aromatic rings. The van der Waals surface area contributed by atoms with Crippen LogP contribution in [0.4, 0.5) is 0 Å². The molecule has 0 N–H and O–H groups in total. The van der Waals surface area contributed by atoms with Gasteiger partial charge in [-0.25, -0.2) is 0 Å². The Bertz CT molecular complexity index is 812. The molecule has 0 aromatic heterocycles. The van der Waals surface area contributed by atoms with Gasteiger partial charge in [0, 0.05) is 5.02 Å². The van der Waals surface area contributed by atoms with Crippen molar-refractivity contribution in [2.75, 3.05) is 0 Å². The van der Waals surface area contributed by atoms with Gasteiger partial charge >= 0.3 is 0 Å². The standard InChI is InChI=1S/C19H14ClN/c20-19-11-4-3-10-18(19)16(13-21)12-15-8-5-7-14-6-1-2-9-17(14)15/h1-11,16H,12H2. The molecule has 0 amide bonds. The molecular formula is C19H14ClN. The van der Waals surface area contributed by atoms with E-state index in [2.05, 4.69) is 30.3 Å². The average Bonchev–Trinajstić information content (AvgIpc) is 2.53. The molecule has 21 heavy (non-hydrogen) atoms. The zero-order valence-corrected chi connectivity index (χ0v) is 12.2. The Morgan fingerprint density at radius 1 is 0.905 bits per heavy atom. The molecule has 0 aliphatic carbocycles. The molecule has 3 aromatic carbocycles. The van der Waals surface area contributed by atoms with Crippen molar-refractivity contribution in [1.29, 1.82) is 5.26 Å². The van der Waals surface area contributed by atoms with Gasteiger partial charge in [0.1, 0.15) is 0 Å². The van der Waals surface area contributed by atoms with Crippen LogP contribution >= 0.6 is 11.6 Å². The van der Waals surface area contributed by atoms with Crippen LogP contribution in [-0.2, 0) is 6.42 Å². The second-order valence-corrected chi connectivity index (χ2v) is 5.45. The zero-order chi connectivity index (χ0) is 14.7. The number of nitriles is 1. The number of benzene rings is 3. The maximum atomic E-state index is 9.53. The predicted molar refractivity (Wildman–Crippen MR) is 87.5 cm³/mol. The van der Waals surface area contributed by atoms with E-state index in [1.54, 1.807) is 0 Å². The van der Waals surface area contributed by atoms with Crippen molar-refractivity contribution in [3.05, 3.63) is 82.9 Å². The lowest BCUT2D eigenvalue weighted by atomic mass is 9.91. The van der Waals surface area contributed by atoms with Crippen LogP contribution in [0, 0.1) is 11.3 Å². The first-order chi connectivity index (χ1) is 10.3. The number of hydrogen-bond acceptors (Lipinski definition) is 1. The van der Waals surface area contributed by atoms with Crippen molar-refractivity contribution in [3.8, 4) is 6.07 Å². The summed E-state index contributed by atoms with van der Waals surface area (Å²) in [6.07, 6.45) is 0.668. The molecule has 1 atom stereocenters. The molecule has 3 rings (SSSR count). The van der Waals surface area contributed by atoms with E-state index in [0.29, 0.717) is 11.4 Å². The van der Waals surface area contributed by atoms with E-state index in [9.17, 15) is 5.26 Å². The fourth-order valence-corrected chi connectivity index (χ4v) is 2.94. The summed E-state index contributed by atoms with van der Waals surface area (Å²) in [5.74, 6) is -0.232. The molecule has 0 fully saturated rings. The summed E-state index contributed by atoms with van der Waals surface area (Å²) < 4.78 is 0. The topological polar surface area (TPSA) is 23.8 Å². The highest BCUT2D eigenvalue weighted by molar-refractivity contribution is 6.31. The summed E-state index contributed by atoms with van der Waals surface area (Å²) in [6, 6.07) is 24.4. The van der Waals surface area contributed by atoms with Crippen LogP contribution in [0.5, 0.6) is 0 Å². The van der Waals surface area contributed by atoms with Crippen LogP contribution in [0.1, 0.15) is 17.0 Å². The lowest BCUT2D eigenvalue weighted by molar-refractivity contribution is 0.855. The summed E-state index contributed by atoms with van der Waals surface area (Å²) >= 11 is 6.23. The van der Waals surface area contributed by atoms with Crippen LogP contribution < -0.4 is 0 Å². The highest BCUT2D eigenvalue weighted by Crippen LogP contribution is 2.29. The van der Waals surface area contributed by atoms with E-state index in [1.807, 2.05) is 42.5 Å². The van der Waals surface area contributed by atoms with Crippen molar-refractivity contribution in [2.45, 2.75) is 12.3 Å². The maximum absolute atomic E-state index is 9.53. The Kier molecular flexibility index (Phi) is 3.90. The molecule has 0 heterocycles. The van der Waals surface area contributed by atoms with Gasteiger partial charge in [-0.3, -0.25) is 0 Å². The molecule has 102 valence electrons.